The van der Waals surface area contributed by atoms with Gasteiger partial charge in [0, 0.05) is 18.0 Å². The minimum Gasteiger partial charge on any atom is -0.486 e. The van der Waals surface area contributed by atoms with Crippen LogP contribution in [-0.4, -0.2) is 32.7 Å². The molecular weight excluding hydrogens is 280 g/mol. The Labute approximate surface area is 116 Å². The molecule has 0 saturated carbocycles. The Morgan fingerprint density at radius 1 is 1.35 bits per heavy atom. The van der Waals surface area contributed by atoms with E-state index in [4.69, 9.17) is 14.6 Å². The average molecular weight is 294 g/mol. The zero-order chi connectivity index (χ0) is 14.2. The topological polar surface area (TPSA) is 91.5 Å². The second-order valence-electron chi connectivity index (χ2n) is 4.61. The summed E-state index contributed by atoms with van der Waals surface area (Å²) in [6.07, 6.45) is 2.37. The molecule has 1 aromatic carbocycles. The number of benzene rings is 1. The van der Waals surface area contributed by atoms with Crippen molar-refractivity contribution in [2.75, 3.05) is 13.2 Å². The molecule has 0 bridgehead atoms. The van der Waals surface area contributed by atoms with E-state index in [1.54, 1.807) is 24.4 Å². The Kier molecular flexibility index (Phi) is 3.33. The van der Waals surface area contributed by atoms with E-state index >= 15 is 0 Å². The minimum atomic E-state index is -3.79. The van der Waals surface area contributed by atoms with Crippen LogP contribution >= 0.6 is 0 Å². The highest BCUT2D eigenvalue weighted by Crippen LogP contribution is 2.30. The smallest absolute Gasteiger partial charge is 0.238 e. The van der Waals surface area contributed by atoms with E-state index in [-0.39, 0.29) is 11.0 Å². The Hall–Kier alpha value is -1.70. The first-order valence-corrected chi connectivity index (χ1v) is 7.75. The van der Waals surface area contributed by atoms with Gasteiger partial charge in [-0.1, -0.05) is 0 Å². The SMILES string of the molecule is NS(=O)(=O)c1ccc(OC2CCOC2)c2ncccc12. The Balaban J connectivity index is 2.11. The van der Waals surface area contributed by atoms with Crippen LogP contribution in [0.25, 0.3) is 10.9 Å². The molecule has 1 aromatic heterocycles. The number of rotatable bonds is 3. The monoisotopic (exact) mass is 294 g/mol. The average Bonchev–Trinajstić information content (AvgIpc) is 2.90. The van der Waals surface area contributed by atoms with Gasteiger partial charge in [0.2, 0.25) is 10.0 Å². The molecule has 1 atom stereocenters. The minimum absolute atomic E-state index is 0.0273. The van der Waals surface area contributed by atoms with Gasteiger partial charge in [0.1, 0.15) is 17.4 Å². The number of sulfonamides is 1. The molecule has 0 spiro atoms. The molecule has 1 aliphatic rings. The maximum absolute atomic E-state index is 11.6. The zero-order valence-corrected chi connectivity index (χ0v) is 11.5. The van der Waals surface area contributed by atoms with E-state index in [1.165, 1.54) is 6.07 Å². The van der Waals surface area contributed by atoms with Crippen molar-refractivity contribution in [2.24, 2.45) is 5.14 Å². The van der Waals surface area contributed by atoms with Gasteiger partial charge < -0.3 is 9.47 Å². The van der Waals surface area contributed by atoms with Gasteiger partial charge in [-0.05, 0) is 24.3 Å². The molecular formula is C13H14N2O4S. The molecule has 1 aliphatic heterocycles. The highest BCUT2D eigenvalue weighted by molar-refractivity contribution is 7.89. The summed E-state index contributed by atoms with van der Waals surface area (Å²) in [5, 5.41) is 5.68. The first-order valence-electron chi connectivity index (χ1n) is 6.20. The van der Waals surface area contributed by atoms with E-state index in [1.807, 2.05) is 0 Å². The number of hydrogen-bond acceptors (Lipinski definition) is 5. The van der Waals surface area contributed by atoms with Crippen LogP contribution in [0.5, 0.6) is 5.75 Å². The fourth-order valence-electron chi connectivity index (χ4n) is 2.25. The number of fused-ring (bicyclic) bond motifs is 1. The number of nitrogens with two attached hydrogens (primary N) is 1. The fraction of sp³-hybridized carbons (Fsp3) is 0.308. The lowest BCUT2D eigenvalue weighted by molar-refractivity contribution is 0.142. The summed E-state index contributed by atoms with van der Waals surface area (Å²) in [5.41, 5.74) is 0.492. The van der Waals surface area contributed by atoms with Crippen molar-refractivity contribution in [1.29, 1.82) is 0 Å². The van der Waals surface area contributed by atoms with E-state index in [0.717, 1.165) is 6.42 Å². The number of nitrogens with zero attached hydrogens (tertiary/aromatic N) is 1. The number of primary sulfonamides is 1. The number of ether oxygens (including phenoxy) is 2. The van der Waals surface area contributed by atoms with Gasteiger partial charge >= 0.3 is 0 Å². The predicted octanol–water partition coefficient (Wildman–Crippen LogP) is 1.05. The van der Waals surface area contributed by atoms with Crippen LogP contribution in [0, 0.1) is 0 Å². The van der Waals surface area contributed by atoms with Crippen LogP contribution in [-0.2, 0) is 14.8 Å². The summed E-state index contributed by atoms with van der Waals surface area (Å²) < 4.78 is 34.3. The van der Waals surface area contributed by atoms with E-state index < -0.39 is 10.0 Å². The molecule has 3 rings (SSSR count). The third-order valence-corrected chi connectivity index (χ3v) is 4.15. The summed E-state index contributed by atoms with van der Waals surface area (Å²) in [7, 11) is -3.79. The van der Waals surface area contributed by atoms with Crippen LogP contribution in [0.3, 0.4) is 0 Å². The van der Waals surface area contributed by atoms with Crippen molar-refractivity contribution in [1.82, 2.24) is 4.98 Å². The van der Waals surface area contributed by atoms with Gasteiger partial charge in [-0.3, -0.25) is 4.98 Å². The molecule has 7 heteroatoms. The van der Waals surface area contributed by atoms with Gasteiger partial charge in [0.15, 0.2) is 0 Å². The van der Waals surface area contributed by atoms with E-state index in [2.05, 4.69) is 4.98 Å². The highest BCUT2D eigenvalue weighted by atomic mass is 32.2. The van der Waals surface area contributed by atoms with Crippen molar-refractivity contribution >= 4 is 20.9 Å². The second kappa shape index (κ2) is 5.01. The van der Waals surface area contributed by atoms with Crippen molar-refractivity contribution in [3.63, 3.8) is 0 Å². The molecule has 1 unspecified atom stereocenters. The molecule has 20 heavy (non-hydrogen) atoms. The lowest BCUT2D eigenvalue weighted by Crippen LogP contribution is -2.17. The molecule has 6 nitrogen and oxygen atoms in total. The molecule has 0 radical (unpaired) electrons. The number of pyridine rings is 1. The van der Waals surface area contributed by atoms with Gasteiger partial charge in [-0.2, -0.15) is 0 Å². The molecule has 2 aromatic rings. The van der Waals surface area contributed by atoms with Gasteiger partial charge in [-0.25, -0.2) is 13.6 Å². The van der Waals surface area contributed by atoms with Gasteiger partial charge in [0.05, 0.1) is 18.1 Å². The zero-order valence-electron chi connectivity index (χ0n) is 10.7. The summed E-state index contributed by atoms with van der Waals surface area (Å²) in [5.74, 6) is 0.545. The standard InChI is InChI=1S/C13H14N2O4S/c14-20(16,17)12-4-3-11(19-9-5-7-18-8-9)13-10(12)2-1-6-15-13/h1-4,6,9H,5,7-8H2,(H2,14,16,17). The van der Waals surface area contributed by atoms with Crippen molar-refractivity contribution in [3.05, 3.63) is 30.5 Å². The fourth-order valence-corrected chi connectivity index (χ4v) is 2.98. The Morgan fingerprint density at radius 2 is 2.20 bits per heavy atom. The number of aromatic nitrogens is 1. The molecule has 1 saturated heterocycles. The summed E-state index contributed by atoms with van der Waals surface area (Å²) in [4.78, 5) is 4.26. The van der Waals surface area contributed by atoms with Crippen LogP contribution in [0.15, 0.2) is 35.4 Å². The third kappa shape index (κ3) is 2.47. The van der Waals surface area contributed by atoms with Crippen LogP contribution in [0.4, 0.5) is 0 Å². The Morgan fingerprint density at radius 3 is 2.90 bits per heavy atom. The summed E-state index contributed by atoms with van der Waals surface area (Å²) in [6.45, 7) is 1.20. The Bertz CT molecular complexity index is 739. The maximum Gasteiger partial charge on any atom is 0.238 e. The number of hydrogen-bond donors (Lipinski definition) is 1. The maximum atomic E-state index is 11.6. The van der Waals surface area contributed by atoms with Crippen LogP contribution < -0.4 is 9.88 Å². The molecule has 0 aliphatic carbocycles. The molecule has 2 N–H and O–H groups in total. The quantitative estimate of drug-likeness (QED) is 0.913. The van der Waals surface area contributed by atoms with Crippen LogP contribution in [0.1, 0.15) is 6.42 Å². The molecule has 1 fully saturated rings. The van der Waals surface area contributed by atoms with Gasteiger partial charge in [0.25, 0.3) is 0 Å². The summed E-state index contributed by atoms with van der Waals surface area (Å²) in [6, 6.07) is 6.37. The van der Waals surface area contributed by atoms with E-state index in [9.17, 15) is 8.42 Å². The molecule has 0 amide bonds. The van der Waals surface area contributed by atoms with E-state index in [0.29, 0.717) is 29.9 Å². The largest absolute Gasteiger partial charge is 0.486 e. The first kappa shape index (κ1) is 13.3. The van der Waals surface area contributed by atoms with Gasteiger partial charge in [-0.15, -0.1) is 0 Å². The lowest BCUT2D eigenvalue weighted by Gasteiger charge is -2.14. The predicted molar refractivity (Wildman–Crippen MR) is 73.0 cm³/mol. The first-order chi connectivity index (χ1) is 9.55. The summed E-state index contributed by atoms with van der Waals surface area (Å²) >= 11 is 0. The lowest BCUT2D eigenvalue weighted by atomic mass is 10.2. The highest BCUT2D eigenvalue weighted by Gasteiger charge is 2.21. The van der Waals surface area contributed by atoms with Crippen molar-refractivity contribution < 1.29 is 17.9 Å². The third-order valence-electron chi connectivity index (χ3n) is 3.18. The van der Waals surface area contributed by atoms with Crippen molar-refractivity contribution in [2.45, 2.75) is 17.4 Å². The second-order valence-corrected chi connectivity index (χ2v) is 6.14. The normalized spacial score (nSPS) is 19.4. The van der Waals surface area contributed by atoms with Crippen molar-refractivity contribution in [3.8, 4) is 5.75 Å². The molecule has 106 valence electrons. The van der Waals surface area contributed by atoms with Crippen LogP contribution in [0.2, 0.25) is 0 Å². The molecule has 2 heterocycles.